The number of hydrogen-bond donors (Lipinski definition) is 1. The Labute approximate surface area is 143 Å². The van der Waals surface area contributed by atoms with E-state index in [0.29, 0.717) is 23.7 Å². The molecule has 4 rings (SSSR count). The first-order valence-electron chi connectivity index (χ1n) is 9.45. The fraction of sp³-hybridized carbons (Fsp3) is 0.833. The fourth-order valence-electron chi connectivity index (χ4n) is 5.31. The second-order valence-electron chi connectivity index (χ2n) is 8.12. The number of nitrogens with zero attached hydrogens (tertiary/aromatic N) is 4. The molecular weight excluding hydrogens is 302 g/mol. The molecule has 6 heteroatoms. The van der Waals surface area contributed by atoms with Gasteiger partial charge in [-0.2, -0.15) is 5.10 Å². The first-order valence-corrected chi connectivity index (χ1v) is 9.45. The molecule has 2 bridgehead atoms. The van der Waals surface area contributed by atoms with E-state index < -0.39 is 0 Å². The van der Waals surface area contributed by atoms with E-state index in [0.717, 1.165) is 44.1 Å². The van der Waals surface area contributed by atoms with Crippen molar-refractivity contribution >= 4 is 5.91 Å². The lowest BCUT2D eigenvalue weighted by molar-refractivity contribution is -0.139. The van der Waals surface area contributed by atoms with Crippen LogP contribution in [0.2, 0.25) is 0 Å². The minimum Gasteiger partial charge on any atom is -0.342 e. The molecule has 5 atom stereocenters. The van der Waals surface area contributed by atoms with Crippen molar-refractivity contribution in [2.45, 2.75) is 58.5 Å². The van der Waals surface area contributed by atoms with E-state index in [1.54, 1.807) is 0 Å². The van der Waals surface area contributed by atoms with Crippen LogP contribution in [-0.4, -0.2) is 44.7 Å². The van der Waals surface area contributed by atoms with Crippen LogP contribution in [0.1, 0.15) is 43.8 Å². The molecule has 6 nitrogen and oxygen atoms in total. The summed E-state index contributed by atoms with van der Waals surface area (Å²) in [4.78, 5) is 19.6. The lowest BCUT2D eigenvalue weighted by Gasteiger charge is -2.37. The van der Waals surface area contributed by atoms with Crippen LogP contribution in [0, 0.1) is 37.5 Å². The SMILES string of the molecule is Cc1nc(C)n(CC2CCCN(C(=O)C3C4CCC(C4)C3N)C2)n1. The summed E-state index contributed by atoms with van der Waals surface area (Å²) in [5.41, 5.74) is 6.38. The van der Waals surface area contributed by atoms with Crippen LogP contribution in [0.25, 0.3) is 0 Å². The van der Waals surface area contributed by atoms with Gasteiger partial charge in [0, 0.05) is 25.7 Å². The first-order chi connectivity index (χ1) is 11.5. The van der Waals surface area contributed by atoms with Gasteiger partial charge in [-0.15, -0.1) is 0 Å². The van der Waals surface area contributed by atoms with Gasteiger partial charge < -0.3 is 10.6 Å². The molecular formula is C18H29N5O. The molecule has 132 valence electrons. The zero-order valence-corrected chi connectivity index (χ0v) is 14.8. The predicted molar refractivity (Wildman–Crippen MR) is 91.1 cm³/mol. The van der Waals surface area contributed by atoms with Gasteiger partial charge in [0.1, 0.15) is 11.6 Å². The van der Waals surface area contributed by atoms with Gasteiger partial charge >= 0.3 is 0 Å². The maximum Gasteiger partial charge on any atom is 0.227 e. The Bertz CT molecular complexity index is 625. The molecule has 1 amide bonds. The first kappa shape index (κ1) is 16.1. The molecule has 0 aromatic carbocycles. The minimum atomic E-state index is 0.0813. The van der Waals surface area contributed by atoms with Crippen LogP contribution in [-0.2, 0) is 11.3 Å². The normalized spacial score (nSPS) is 35.6. The number of carbonyl (C=O) groups excluding carboxylic acids is 1. The summed E-state index contributed by atoms with van der Waals surface area (Å²) < 4.78 is 2.00. The molecule has 3 fully saturated rings. The topological polar surface area (TPSA) is 77.0 Å². The van der Waals surface area contributed by atoms with Gasteiger partial charge in [0.15, 0.2) is 0 Å². The van der Waals surface area contributed by atoms with Gasteiger partial charge in [-0.1, -0.05) is 0 Å². The van der Waals surface area contributed by atoms with Crippen molar-refractivity contribution < 1.29 is 4.79 Å². The summed E-state index contributed by atoms with van der Waals surface area (Å²) in [6.07, 6.45) is 5.84. The van der Waals surface area contributed by atoms with E-state index in [4.69, 9.17) is 5.73 Å². The van der Waals surface area contributed by atoms with E-state index in [2.05, 4.69) is 15.0 Å². The van der Waals surface area contributed by atoms with Gasteiger partial charge in [-0.3, -0.25) is 4.79 Å². The molecule has 24 heavy (non-hydrogen) atoms. The summed E-state index contributed by atoms with van der Waals surface area (Å²) in [6, 6.07) is 0.0943. The second-order valence-corrected chi connectivity index (χ2v) is 8.12. The number of amides is 1. The third-order valence-electron chi connectivity index (χ3n) is 6.49. The van der Waals surface area contributed by atoms with Gasteiger partial charge in [0.05, 0.1) is 5.92 Å². The molecule has 1 aliphatic heterocycles. The van der Waals surface area contributed by atoms with E-state index in [-0.39, 0.29) is 12.0 Å². The number of carbonyl (C=O) groups is 1. The van der Waals surface area contributed by atoms with E-state index in [1.165, 1.54) is 19.3 Å². The number of aromatic nitrogens is 3. The molecule has 3 aliphatic rings. The summed E-state index contributed by atoms with van der Waals surface area (Å²) >= 11 is 0. The number of piperidine rings is 1. The number of hydrogen-bond acceptors (Lipinski definition) is 4. The average Bonchev–Trinajstić information content (AvgIpc) is 3.22. The van der Waals surface area contributed by atoms with Crippen LogP contribution >= 0.6 is 0 Å². The predicted octanol–water partition coefficient (Wildman–Crippen LogP) is 1.51. The summed E-state index contributed by atoms with van der Waals surface area (Å²) in [5.74, 6) is 3.79. The monoisotopic (exact) mass is 331 g/mol. The van der Waals surface area contributed by atoms with E-state index in [1.807, 2.05) is 18.5 Å². The molecule has 1 aromatic rings. The van der Waals surface area contributed by atoms with Crippen molar-refractivity contribution in [2.24, 2.45) is 29.4 Å². The number of rotatable bonds is 3. The molecule has 2 heterocycles. The van der Waals surface area contributed by atoms with E-state index in [9.17, 15) is 4.79 Å². The van der Waals surface area contributed by atoms with Crippen LogP contribution in [0.3, 0.4) is 0 Å². The fourth-order valence-corrected chi connectivity index (χ4v) is 5.31. The summed E-state index contributed by atoms with van der Waals surface area (Å²) in [6.45, 7) is 6.53. The Balaban J connectivity index is 1.41. The zero-order chi connectivity index (χ0) is 16.8. The van der Waals surface area contributed by atoms with E-state index >= 15 is 0 Å². The van der Waals surface area contributed by atoms with Crippen LogP contribution in [0.5, 0.6) is 0 Å². The molecule has 1 saturated heterocycles. The Morgan fingerprint density at radius 3 is 2.71 bits per heavy atom. The number of fused-ring (bicyclic) bond motifs is 2. The Morgan fingerprint density at radius 1 is 1.25 bits per heavy atom. The summed E-state index contributed by atoms with van der Waals surface area (Å²) in [7, 11) is 0. The van der Waals surface area contributed by atoms with Crippen molar-refractivity contribution in [1.29, 1.82) is 0 Å². The standard InChI is InChI=1S/C18H29N5O/c1-11-20-12(2)23(21-11)10-13-4-3-7-22(9-13)18(24)16-14-5-6-15(8-14)17(16)19/h13-17H,3-10,19H2,1-2H3. The molecule has 5 unspecified atom stereocenters. The number of likely N-dealkylation sites (tertiary alicyclic amines) is 1. The third kappa shape index (κ3) is 2.75. The number of aryl methyl sites for hydroxylation is 2. The highest BCUT2D eigenvalue weighted by molar-refractivity contribution is 5.80. The quantitative estimate of drug-likeness (QED) is 0.911. The molecule has 2 aliphatic carbocycles. The van der Waals surface area contributed by atoms with Crippen LogP contribution < -0.4 is 5.73 Å². The molecule has 0 spiro atoms. The van der Waals surface area contributed by atoms with Crippen molar-refractivity contribution in [1.82, 2.24) is 19.7 Å². The summed E-state index contributed by atoms with van der Waals surface area (Å²) in [5, 5.41) is 4.48. The minimum absolute atomic E-state index is 0.0813. The Kier molecular flexibility index (Phi) is 4.11. The van der Waals surface area contributed by atoms with Crippen molar-refractivity contribution in [3.63, 3.8) is 0 Å². The highest BCUT2D eigenvalue weighted by Gasteiger charge is 2.50. The zero-order valence-electron chi connectivity index (χ0n) is 14.8. The molecule has 2 saturated carbocycles. The van der Waals surface area contributed by atoms with Gasteiger partial charge in [0.2, 0.25) is 5.91 Å². The Morgan fingerprint density at radius 2 is 2.04 bits per heavy atom. The molecule has 2 N–H and O–H groups in total. The van der Waals surface area contributed by atoms with Gasteiger partial charge in [0.25, 0.3) is 0 Å². The molecule has 1 aromatic heterocycles. The van der Waals surface area contributed by atoms with Crippen molar-refractivity contribution in [2.75, 3.05) is 13.1 Å². The average molecular weight is 331 g/mol. The molecule has 0 radical (unpaired) electrons. The highest BCUT2D eigenvalue weighted by atomic mass is 16.2. The van der Waals surface area contributed by atoms with Crippen molar-refractivity contribution in [3.8, 4) is 0 Å². The van der Waals surface area contributed by atoms with Gasteiger partial charge in [-0.25, -0.2) is 9.67 Å². The highest BCUT2D eigenvalue weighted by Crippen LogP contribution is 2.48. The Hall–Kier alpha value is -1.43. The van der Waals surface area contributed by atoms with Crippen LogP contribution in [0.15, 0.2) is 0 Å². The third-order valence-corrected chi connectivity index (χ3v) is 6.49. The second kappa shape index (κ2) is 6.14. The lowest BCUT2D eigenvalue weighted by Crippen LogP contribution is -2.50. The maximum atomic E-state index is 13.1. The largest absolute Gasteiger partial charge is 0.342 e. The smallest absolute Gasteiger partial charge is 0.227 e. The maximum absolute atomic E-state index is 13.1. The lowest BCUT2D eigenvalue weighted by atomic mass is 9.83. The van der Waals surface area contributed by atoms with Crippen molar-refractivity contribution in [3.05, 3.63) is 11.6 Å². The van der Waals surface area contributed by atoms with Gasteiger partial charge in [-0.05, 0) is 63.7 Å². The van der Waals surface area contributed by atoms with Crippen LogP contribution in [0.4, 0.5) is 0 Å². The number of nitrogens with two attached hydrogens (primary N) is 1.